The average molecular weight is 393 g/mol. The first kappa shape index (κ1) is 21.3. The summed E-state index contributed by atoms with van der Waals surface area (Å²) in [5.74, 6) is -0.000154. The summed E-state index contributed by atoms with van der Waals surface area (Å²) < 4.78 is 0. The smallest absolute Gasteiger partial charge is 0.220 e. The van der Waals surface area contributed by atoms with E-state index in [1.54, 1.807) is 0 Å². The molecule has 1 N–H and O–H groups in total. The summed E-state index contributed by atoms with van der Waals surface area (Å²) in [7, 11) is 4.01. The van der Waals surface area contributed by atoms with Crippen molar-refractivity contribution in [3.8, 4) is 0 Å². The summed E-state index contributed by atoms with van der Waals surface area (Å²) in [5, 5.41) is 3.12. The fraction of sp³-hybridized carbons (Fsp3) is 0.440. The normalized spacial score (nSPS) is 14.3. The topological polar surface area (TPSA) is 49.4 Å². The Morgan fingerprint density at radius 2 is 1.69 bits per heavy atom. The number of carbonyl (C=O) groups is 2. The second kappa shape index (κ2) is 10.4. The lowest BCUT2D eigenvalue weighted by molar-refractivity contribution is -0.121. The SMILES string of the molecule is CN(C)CC(Cc1ccccc1)NC(=O)CCC(=O)c1ccc2c(c1)CCCC2. The Balaban J connectivity index is 1.53. The molecule has 0 aliphatic heterocycles. The van der Waals surface area contributed by atoms with Gasteiger partial charge in [0.05, 0.1) is 0 Å². The van der Waals surface area contributed by atoms with Crippen LogP contribution in [0.3, 0.4) is 0 Å². The zero-order chi connectivity index (χ0) is 20.6. The first-order valence-electron chi connectivity index (χ1n) is 10.6. The highest BCUT2D eigenvalue weighted by atomic mass is 16.2. The van der Waals surface area contributed by atoms with E-state index in [0.717, 1.165) is 31.4 Å². The number of amides is 1. The Morgan fingerprint density at radius 1 is 0.966 bits per heavy atom. The summed E-state index contributed by atoms with van der Waals surface area (Å²) in [5.41, 5.74) is 4.62. The second-order valence-corrected chi connectivity index (χ2v) is 8.33. The zero-order valence-corrected chi connectivity index (χ0v) is 17.6. The number of nitrogens with zero attached hydrogens (tertiary/aromatic N) is 1. The van der Waals surface area contributed by atoms with E-state index in [1.807, 2.05) is 44.4 Å². The van der Waals surface area contributed by atoms with Crippen LogP contribution < -0.4 is 5.32 Å². The molecule has 154 valence electrons. The van der Waals surface area contributed by atoms with Gasteiger partial charge in [0.1, 0.15) is 0 Å². The molecule has 0 fully saturated rings. The number of benzene rings is 2. The van der Waals surface area contributed by atoms with Crippen LogP contribution >= 0.6 is 0 Å². The molecule has 0 spiro atoms. The molecule has 2 aromatic carbocycles. The van der Waals surface area contributed by atoms with E-state index in [-0.39, 0.29) is 30.6 Å². The van der Waals surface area contributed by atoms with Crippen LogP contribution in [-0.4, -0.2) is 43.3 Å². The second-order valence-electron chi connectivity index (χ2n) is 8.33. The Bertz CT molecular complexity index is 830. The summed E-state index contributed by atoms with van der Waals surface area (Å²) >= 11 is 0. The van der Waals surface area contributed by atoms with E-state index in [1.165, 1.54) is 29.5 Å². The number of carbonyl (C=O) groups excluding carboxylic acids is 2. The summed E-state index contributed by atoms with van der Waals surface area (Å²) in [6.07, 6.45) is 5.87. The van der Waals surface area contributed by atoms with Gasteiger partial charge in [-0.1, -0.05) is 42.5 Å². The van der Waals surface area contributed by atoms with Gasteiger partial charge in [-0.25, -0.2) is 0 Å². The molecule has 0 aromatic heterocycles. The monoisotopic (exact) mass is 392 g/mol. The van der Waals surface area contributed by atoms with E-state index in [9.17, 15) is 9.59 Å². The molecule has 0 radical (unpaired) electrons. The number of fused-ring (bicyclic) bond motifs is 1. The molecule has 1 atom stereocenters. The van der Waals surface area contributed by atoms with Crippen LogP contribution in [0.5, 0.6) is 0 Å². The van der Waals surface area contributed by atoms with E-state index >= 15 is 0 Å². The summed E-state index contributed by atoms with van der Waals surface area (Å²) in [4.78, 5) is 27.2. The van der Waals surface area contributed by atoms with Crippen molar-refractivity contribution in [1.82, 2.24) is 10.2 Å². The van der Waals surface area contributed by atoms with Gasteiger partial charge in [-0.15, -0.1) is 0 Å². The molecule has 4 nitrogen and oxygen atoms in total. The highest BCUT2D eigenvalue weighted by Gasteiger charge is 2.17. The Labute approximate surface area is 174 Å². The maximum atomic E-state index is 12.6. The fourth-order valence-corrected chi connectivity index (χ4v) is 4.08. The number of aryl methyl sites for hydroxylation is 2. The van der Waals surface area contributed by atoms with Gasteiger partial charge < -0.3 is 10.2 Å². The van der Waals surface area contributed by atoms with Gasteiger partial charge in [-0.05, 0) is 69.0 Å². The average Bonchev–Trinajstić information content (AvgIpc) is 2.72. The predicted octanol–water partition coefficient (Wildman–Crippen LogP) is 3.82. The van der Waals surface area contributed by atoms with Crippen LogP contribution in [0.2, 0.25) is 0 Å². The summed E-state index contributed by atoms with van der Waals surface area (Å²) in [6.45, 7) is 0.763. The lowest BCUT2D eigenvalue weighted by Gasteiger charge is -2.22. The van der Waals surface area contributed by atoms with Crippen molar-refractivity contribution in [2.75, 3.05) is 20.6 Å². The van der Waals surface area contributed by atoms with Gasteiger partial charge in [-0.2, -0.15) is 0 Å². The van der Waals surface area contributed by atoms with E-state index < -0.39 is 0 Å². The molecule has 0 bridgehead atoms. The zero-order valence-electron chi connectivity index (χ0n) is 17.6. The molecular weight excluding hydrogens is 360 g/mol. The minimum absolute atomic E-state index is 0.0266. The maximum absolute atomic E-state index is 12.6. The number of hydrogen-bond acceptors (Lipinski definition) is 3. The first-order valence-corrected chi connectivity index (χ1v) is 10.6. The van der Waals surface area contributed by atoms with Crippen LogP contribution in [0.1, 0.15) is 52.7 Å². The standard InChI is InChI=1S/C25H32N2O2/c1-27(2)18-23(16-19-8-4-3-5-9-19)26-25(29)15-14-24(28)22-13-12-20-10-6-7-11-21(20)17-22/h3-5,8-9,12-13,17,23H,6-7,10-11,14-16,18H2,1-2H3,(H,26,29). The molecule has 2 aromatic rings. The van der Waals surface area contributed by atoms with Gasteiger partial charge >= 0.3 is 0 Å². The van der Waals surface area contributed by atoms with Crippen LogP contribution in [0, 0.1) is 0 Å². The molecular formula is C25H32N2O2. The molecule has 1 aliphatic rings. The molecule has 29 heavy (non-hydrogen) atoms. The molecule has 1 unspecified atom stereocenters. The molecule has 0 saturated heterocycles. The number of nitrogens with one attached hydrogen (secondary N) is 1. The Morgan fingerprint density at radius 3 is 2.41 bits per heavy atom. The number of hydrogen-bond donors (Lipinski definition) is 1. The van der Waals surface area contributed by atoms with E-state index in [4.69, 9.17) is 0 Å². The molecule has 0 heterocycles. The van der Waals surface area contributed by atoms with Crippen molar-refractivity contribution >= 4 is 11.7 Å². The van der Waals surface area contributed by atoms with Crippen LogP contribution in [-0.2, 0) is 24.1 Å². The predicted molar refractivity (Wildman–Crippen MR) is 117 cm³/mol. The highest BCUT2D eigenvalue weighted by Crippen LogP contribution is 2.23. The fourth-order valence-electron chi connectivity index (χ4n) is 4.08. The highest BCUT2D eigenvalue weighted by molar-refractivity contribution is 5.98. The number of Topliss-reactive ketones (excluding diaryl/α,β-unsaturated/α-hetero) is 1. The minimum atomic E-state index is -0.0564. The van der Waals surface area contributed by atoms with Gasteiger partial charge in [0.15, 0.2) is 5.78 Å². The third kappa shape index (κ3) is 6.53. The molecule has 0 saturated carbocycles. The van der Waals surface area contributed by atoms with Crippen LogP contribution in [0.15, 0.2) is 48.5 Å². The van der Waals surface area contributed by atoms with E-state index in [0.29, 0.717) is 0 Å². The van der Waals surface area contributed by atoms with Crippen molar-refractivity contribution in [2.45, 2.75) is 51.0 Å². The molecule has 4 heteroatoms. The van der Waals surface area contributed by atoms with Crippen LogP contribution in [0.25, 0.3) is 0 Å². The lowest BCUT2D eigenvalue weighted by atomic mass is 9.89. The van der Waals surface area contributed by atoms with Crippen molar-refractivity contribution in [3.05, 3.63) is 70.8 Å². The van der Waals surface area contributed by atoms with Gasteiger partial charge in [0.25, 0.3) is 0 Å². The third-order valence-corrected chi connectivity index (χ3v) is 5.53. The molecule has 1 amide bonds. The van der Waals surface area contributed by atoms with Crippen molar-refractivity contribution in [1.29, 1.82) is 0 Å². The number of likely N-dealkylation sites (N-methyl/N-ethyl adjacent to an activating group) is 1. The first-order chi connectivity index (χ1) is 14.0. The van der Waals surface area contributed by atoms with Crippen LogP contribution in [0.4, 0.5) is 0 Å². The van der Waals surface area contributed by atoms with Crippen molar-refractivity contribution in [3.63, 3.8) is 0 Å². The van der Waals surface area contributed by atoms with Crippen molar-refractivity contribution < 1.29 is 9.59 Å². The Kier molecular flexibility index (Phi) is 7.59. The molecule has 3 rings (SSSR count). The number of ketones is 1. The minimum Gasteiger partial charge on any atom is -0.352 e. The van der Waals surface area contributed by atoms with E-state index in [2.05, 4.69) is 28.4 Å². The largest absolute Gasteiger partial charge is 0.352 e. The number of rotatable bonds is 9. The Hall–Kier alpha value is -2.46. The lowest BCUT2D eigenvalue weighted by Crippen LogP contribution is -2.43. The summed E-state index contributed by atoms with van der Waals surface area (Å²) in [6, 6.07) is 16.3. The third-order valence-electron chi connectivity index (χ3n) is 5.53. The molecule has 1 aliphatic carbocycles. The van der Waals surface area contributed by atoms with Gasteiger partial charge in [0, 0.05) is 31.0 Å². The maximum Gasteiger partial charge on any atom is 0.220 e. The quantitative estimate of drug-likeness (QED) is 0.660. The van der Waals surface area contributed by atoms with Gasteiger partial charge in [0.2, 0.25) is 5.91 Å². The van der Waals surface area contributed by atoms with Crippen molar-refractivity contribution in [2.24, 2.45) is 0 Å². The van der Waals surface area contributed by atoms with Gasteiger partial charge in [-0.3, -0.25) is 9.59 Å².